The van der Waals surface area contributed by atoms with Gasteiger partial charge in [0.05, 0.1) is 11.7 Å². The van der Waals surface area contributed by atoms with Gasteiger partial charge in [0.2, 0.25) is 0 Å². The summed E-state index contributed by atoms with van der Waals surface area (Å²) >= 11 is 0. The minimum absolute atomic E-state index is 0.0541. The van der Waals surface area contributed by atoms with Gasteiger partial charge in [-0.3, -0.25) is 4.79 Å². The summed E-state index contributed by atoms with van der Waals surface area (Å²) in [6.07, 6.45) is 7.34. The van der Waals surface area contributed by atoms with Crippen molar-refractivity contribution in [1.29, 1.82) is 0 Å². The zero-order chi connectivity index (χ0) is 18.2. The molecule has 4 aliphatic carbocycles. The first-order valence-corrected chi connectivity index (χ1v) is 9.94. The van der Waals surface area contributed by atoms with E-state index in [0.717, 1.165) is 37.7 Å². The molecule has 0 aromatic carbocycles. The molecule has 4 rings (SSSR count). The number of allylic oxidation sites excluding steroid dienone is 1. The average Bonchev–Trinajstić information content (AvgIpc) is 2.80. The van der Waals surface area contributed by atoms with Gasteiger partial charge < -0.3 is 10.2 Å². The Bertz CT molecular complexity index is 664. The topological polar surface area (TPSA) is 57.5 Å². The molecule has 138 valence electrons. The highest BCUT2D eigenvalue weighted by Crippen LogP contribution is 2.68. The smallest absolute Gasteiger partial charge is 0.155 e. The van der Waals surface area contributed by atoms with E-state index in [1.165, 1.54) is 5.57 Å². The SMILES string of the molecule is C=C(C)[C@@]1(O)CC[C@H]2[C@H]3CCC4=CC(=O)CC[C@@]4(C)[C@@H]3[C@@H](O)C[C@]21C. The fourth-order valence-corrected chi connectivity index (χ4v) is 7.39. The number of hydrogen-bond donors (Lipinski definition) is 2. The maximum Gasteiger partial charge on any atom is 0.155 e. The Morgan fingerprint density at radius 3 is 2.64 bits per heavy atom. The van der Waals surface area contributed by atoms with Gasteiger partial charge in [0.1, 0.15) is 0 Å². The van der Waals surface area contributed by atoms with Crippen molar-refractivity contribution in [3.8, 4) is 0 Å². The quantitative estimate of drug-likeness (QED) is 0.712. The van der Waals surface area contributed by atoms with E-state index >= 15 is 0 Å². The lowest BCUT2D eigenvalue weighted by atomic mass is 9.45. The monoisotopic (exact) mass is 344 g/mol. The van der Waals surface area contributed by atoms with E-state index in [4.69, 9.17) is 0 Å². The van der Waals surface area contributed by atoms with E-state index in [1.807, 2.05) is 13.0 Å². The zero-order valence-electron chi connectivity index (χ0n) is 15.8. The lowest BCUT2D eigenvalue weighted by Crippen LogP contribution is -2.60. The van der Waals surface area contributed by atoms with Gasteiger partial charge in [-0.05, 0) is 80.3 Å². The summed E-state index contributed by atoms with van der Waals surface area (Å²) in [5.74, 6) is 1.32. The van der Waals surface area contributed by atoms with Crippen LogP contribution in [0.1, 0.15) is 65.7 Å². The molecule has 3 fully saturated rings. The largest absolute Gasteiger partial charge is 0.393 e. The number of ketones is 1. The van der Waals surface area contributed by atoms with Crippen LogP contribution in [0.25, 0.3) is 0 Å². The van der Waals surface area contributed by atoms with Gasteiger partial charge >= 0.3 is 0 Å². The second-order valence-corrected chi connectivity index (χ2v) is 9.76. The number of hydrogen-bond acceptors (Lipinski definition) is 3. The van der Waals surface area contributed by atoms with Crippen molar-refractivity contribution in [2.45, 2.75) is 77.4 Å². The minimum atomic E-state index is -0.858. The van der Waals surface area contributed by atoms with Crippen molar-refractivity contribution in [2.75, 3.05) is 0 Å². The van der Waals surface area contributed by atoms with Crippen molar-refractivity contribution in [2.24, 2.45) is 28.6 Å². The number of carbonyl (C=O) groups excluding carboxylic acids is 1. The molecular weight excluding hydrogens is 312 g/mol. The molecule has 0 spiro atoms. The number of fused-ring (bicyclic) bond motifs is 5. The Labute approximate surface area is 151 Å². The van der Waals surface area contributed by atoms with Crippen LogP contribution in [-0.2, 0) is 4.79 Å². The summed E-state index contributed by atoms with van der Waals surface area (Å²) in [6.45, 7) is 10.5. The third-order valence-electron chi connectivity index (χ3n) is 8.75. The van der Waals surface area contributed by atoms with Crippen LogP contribution in [0.4, 0.5) is 0 Å². The van der Waals surface area contributed by atoms with Gasteiger partial charge in [-0.2, -0.15) is 0 Å². The van der Waals surface area contributed by atoms with Crippen molar-refractivity contribution >= 4 is 5.78 Å². The van der Waals surface area contributed by atoms with Gasteiger partial charge in [0.25, 0.3) is 0 Å². The van der Waals surface area contributed by atoms with Gasteiger partial charge in [0, 0.05) is 11.8 Å². The first-order valence-electron chi connectivity index (χ1n) is 9.94. The predicted octanol–water partition coefficient (Wildman–Crippen LogP) is 3.80. The Hall–Kier alpha value is -0.930. The lowest BCUT2D eigenvalue weighted by molar-refractivity contribution is -0.160. The molecule has 3 heteroatoms. The van der Waals surface area contributed by atoms with Crippen LogP contribution in [0, 0.1) is 28.6 Å². The van der Waals surface area contributed by atoms with Gasteiger partial charge in [-0.25, -0.2) is 0 Å². The molecule has 3 saturated carbocycles. The Balaban J connectivity index is 1.75. The highest BCUT2D eigenvalue weighted by atomic mass is 16.3. The van der Waals surface area contributed by atoms with E-state index in [1.54, 1.807) is 0 Å². The highest BCUT2D eigenvalue weighted by Gasteiger charge is 2.66. The fraction of sp³-hybridized carbons (Fsp3) is 0.773. The fourth-order valence-electron chi connectivity index (χ4n) is 7.39. The maximum atomic E-state index is 11.9. The number of aliphatic hydroxyl groups excluding tert-OH is 1. The van der Waals surface area contributed by atoms with Crippen LogP contribution >= 0.6 is 0 Å². The van der Waals surface area contributed by atoms with Gasteiger partial charge in [-0.15, -0.1) is 0 Å². The summed E-state index contributed by atoms with van der Waals surface area (Å²) in [7, 11) is 0. The molecule has 0 bridgehead atoms. The van der Waals surface area contributed by atoms with E-state index in [2.05, 4.69) is 20.4 Å². The van der Waals surface area contributed by atoms with Crippen molar-refractivity contribution in [3.63, 3.8) is 0 Å². The molecule has 4 aliphatic rings. The van der Waals surface area contributed by atoms with E-state index < -0.39 is 11.7 Å². The van der Waals surface area contributed by atoms with Crippen LogP contribution in [-0.4, -0.2) is 27.7 Å². The molecule has 3 nitrogen and oxygen atoms in total. The summed E-state index contributed by atoms with van der Waals surface area (Å²) in [5.41, 5.74) is 0.904. The molecule has 0 unspecified atom stereocenters. The first-order chi connectivity index (χ1) is 11.6. The summed E-state index contributed by atoms with van der Waals surface area (Å²) in [4.78, 5) is 11.9. The summed E-state index contributed by atoms with van der Waals surface area (Å²) in [6, 6.07) is 0. The second kappa shape index (κ2) is 5.29. The van der Waals surface area contributed by atoms with Crippen LogP contribution in [0.15, 0.2) is 23.8 Å². The minimum Gasteiger partial charge on any atom is -0.393 e. The molecule has 0 aliphatic heterocycles. The van der Waals surface area contributed by atoms with Crippen molar-refractivity contribution in [3.05, 3.63) is 23.8 Å². The van der Waals surface area contributed by atoms with Crippen LogP contribution in [0.3, 0.4) is 0 Å². The molecule has 0 aromatic heterocycles. The lowest BCUT2D eigenvalue weighted by Gasteiger charge is -2.60. The van der Waals surface area contributed by atoms with Crippen molar-refractivity contribution < 1.29 is 15.0 Å². The van der Waals surface area contributed by atoms with E-state index in [-0.39, 0.29) is 22.5 Å². The molecule has 0 saturated heterocycles. The van der Waals surface area contributed by atoms with Crippen LogP contribution < -0.4 is 0 Å². The molecule has 0 aromatic rings. The number of carbonyl (C=O) groups is 1. The van der Waals surface area contributed by atoms with E-state index in [9.17, 15) is 15.0 Å². The third-order valence-corrected chi connectivity index (χ3v) is 8.75. The molecule has 0 radical (unpaired) electrons. The molecular formula is C22H32O3. The van der Waals surface area contributed by atoms with Crippen LogP contribution in [0.5, 0.6) is 0 Å². The average molecular weight is 344 g/mol. The molecule has 25 heavy (non-hydrogen) atoms. The van der Waals surface area contributed by atoms with Crippen LogP contribution in [0.2, 0.25) is 0 Å². The Morgan fingerprint density at radius 2 is 1.96 bits per heavy atom. The maximum absolute atomic E-state index is 11.9. The van der Waals surface area contributed by atoms with E-state index in [0.29, 0.717) is 24.7 Å². The third kappa shape index (κ3) is 2.09. The number of aliphatic hydroxyl groups is 2. The van der Waals surface area contributed by atoms with Gasteiger partial charge in [-0.1, -0.05) is 26.0 Å². The molecule has 2 N–H and O–H groups in total. The summed E-state index contributed by atoms with van der Waals surface area (Å²) < 4.78 is 0. The van der Waals surface area contributed by atoms with Gasteiger partial charge in [0.15, 0.2) is 5.78 Å². The Kier molecular flexibility index (Phi) is 3.70. The zero-order valence-corrected chi connectivity index (χ0v) is 15.8. The van der Waals surface area contributed by atoms with Crippen molar-refractivity contribution in [1.82, 2.24) is 0 Å². The normalized spacial score (nSPS) is 52.0. The first kappa shape index (κ1) is 17.5. The summed E-state index contributed by atoms with van der Waals surface area (Å²) in [5, 5.41) is 22.6. The number of rotatable bonds is 1. The Morgan fingerprint density at radius 1 is 1.24 bits per heavy atom. The molecule has 0 heterocycles. The molecule has 7 atom stereocenters. The standard InChI is InChI=1S/C22H32O3/c1-13(2)22(25)10-8-17-16-6-5-14-11-15(23)7-9-20(14,3)19(16)18(24)12-21(17,22)4/h11,16-19,24-25H,1,5-10,12H2,2-4H3/t16-,17+,18+,19+,20-,21-,22+/m1/s1. The highest BCUT2D eigenvalue weighted by molar-refractivity contribution is 5.91. The second-order valence-electron chi connectivity index (χ2n) is 9.76. The molecule has 0 amide bonds. The predicted molar refractivity (Wildman–Crippen MR) is 97.9 cm³/mol.